The van der Waals surface area contributed by atoms with Crippen molar-refractivity contribution in [2.45, 2.75) is 0 Å². The molecule has 0 saturated heterocycles. The third-order valence-electron chi connectivity index (χ3n) is 8.92. The van der Waals surface area contributed by atoms with Crippen LogP contribution in [0.5, 0.6) is 0 Å². The molecule has 3 heterocycles. The van der Waals surface area contributed by atoms with Gasteiger partial charge >= 0.3 is 0 Å². The summed E-state index contributed by atoms with van der Waals surface area (Å²) in [7, 11) is 0. The molecule has 0 bridgehead atoms. The summed E-state index contributed by atoms with van der Waals surface area (Å²) in [5.41, 5.74) is 4.55. The van der Waals surface area contributed by atoms with Crippen molar-refractivity contribution in [3.63, 3.8) is 0 Å². The highest BCUT2D eigenvalue weighted by Crippen LogP contribution is 2.43. The van der Waals surface area contributed by atoms with E-state index < -0.39 is 0 Å². The summed E-state index contributed by atoms with van der Waals surface area (Å²) < 4.78 is 9.11. The van der Waals surface area contributed by atoms with E-state index in [4.69, 9.17) is 19.4 Å². The van der Waals surface area contributed by atoms with Crippen LogP contribution in [0.2, 0.25) is 0 Å². The van der Waals surface area contributed by atoms with Gasteiger partial charge in [-0.25, -0.2) is 15.0 Å². The van der Waals surface area contributed by atoms with Gasteiger partial charge in [0.25, 0.3) is 0 Å². The van der Waals surface area contributed by atoms with Crippen molar-refractivity contribution in [3.05, 3.63) is 140 Å². The van der Waals surface area contributed by atoms with Crippen LogP contribution in [0.1, 0.15) is 0 Å². The van der Waals surface area contributed by atoms with Gasteiger partial charge < -0.3 is 4.42 Å². The Morgan fingerprint density at radius 1 is 0.435 bits per heavy atom. The number of hydrogen-bond acceptors (Lipinski definition) is 5. The van der Waals surface area contributed by atoms with E-state index >= 15 is 0 Å². The van der Waals surface area contributed by atoms with Gasteiger partial charge in [-0.1, -0.05) is 115 Å². The normalized spacial score (nSPS) is 11.9. The molecule has 0 amide bonds. The van der Waals surface area contributed by atoms with Gasteiger partial charge in [-0.2, -0.15) is 0 Å². The van der Waals surface area contributed by atoms with E-state index in [2.05, 4.69) is 97.1 Å². The second kappa shape index (κ2) is 9.80. The number of fused-ring (bicyclic) bond motifs is 10. The van der Waals surface area contributed by atoms with Crippen LogP contribution in [0.15, 0.2) is 144 Å². The van der Waals surface area contributed by atoms with E-state index in [1.807, 2.05) is 42.5 Å². The Balaban J connectivity index is 1.28. The van der Waals surface area contributed by atoms with Crippen LogP contribution in [0.3, 0.4) is 0 Å². The second-order valence-electron chi connectivity index (χ2n) is 11.6. The molecular weight excluding hydrogens is 583 g/mol. The van der Waals surface area contributed by atoms with Crippen molar-refractivity contribution in [3.8, 4) is 34.2 Å². The van der Waals surface area contributed by atoms with Gasteiger partial charge in [-0.15, -0.1) is 11.3 Å². The quantitative estimate of drug-likeness (QED) is 0.188. The predicted octanol–water partition coefficient (Wildman–Crippen LogP) is 11.4. The first-order valence-corrected chi connectivity index (χ1v) is 16.1. The molecule has 5 heteroatoms. The number of nitrogens with zero attached hydrogens (tertiary/aromatic N) is 3. The van der Waals surface area contributed by atoms with Crippen LogP contribution in [0, 0.1) is 0 Å². The second-order valence-corrected chi connectivity index (χ2v) is 12.6. The number of furan rings is 1. The summed E-state index contributed by atoms with van der Waals surface area (Å²) in [5.74, 6) is 1.91. The largest absolute Gasteiger partial charge is 0.455 e. The zero-order valence-electron chi connectivity index (χ0n) is 24.4. The maximum atomic E-state index is 6.69. The van der Waals surface area contributed by atoms with E-state index in [1.165, 1.54) is 30.9 Å². The maximum Gasteiger partial charge on any atom is 0.165 e. The molecule has 46 heavy (non-hydrogen) atoms. The molecule has 0 aliphatic heterocycles. The lowest BCUT2D eigenvalue weighted by Gasteiger charge is -2.10. The van der Waals surface area contributed by atoms with Crippen molar-refractivity contribution in [2.75, 3.05) is 0 Å². The third kappa shape index (κ3) is 3.76. The van der Waals surface area contributed by atoms with E-state index in [-0.39, 0.29) is 0 Å². The highest BCUT2D eigenvalue weighted by molar-refractivity contribution is 7.26. The highest BCUT2D eigenvalue weighted by atomic mass is 32.1. The van der Waals surface area contributed by atoms with E-state index in [1.54, 1.807) is 11.3 Å². The fourth-order valence-electron chi connectivity index (χ4n) is 6.81. The number of benzene rings is 7. The van der Waals surface area contributed by atoms with E-state index in [9.17, 15) is 0 Å². The van der Waals surface area contributed by atoms with E-state index in [0.717, 1.165) is 49.4 Å². The lowest BCUT2D eigenvalue weighted by molar-refractivity contribution is 0.673. The fourth-order valence-corrected chi connectivity index (χ4v) is 8.03. The summed E-state index contributed by atoms with van der Waals surface area (Å²) in [6.45, 7) is 0. The summed E-state index contributed by atoms with van der Waals surface area (Å²) in [4.78, 5) is 15.4. The molecule has 10 aromatic rings. The molecule has 0 spiro atoms. The van der Waals surface area contributed by atoms with Gasteiger partial charge in [0.15, 0.2) is 17.5 Å². The first kappa shape index (κ1) is 25.4. The molecule has 10 rings (SSSR count). The maximum absolute atomic E-state index is 6.69. The molecule has 214 valence electrons. The van der Waals surface area contributed by atoms with Gasteiger partial charge in [0.2, 0.25) is 0 Å². The topological polar surface area (TPSA) is 51.8 Å². The Kier molecular flexibility index (Phi) is 5.41. The molecule has 0 unspecified atom stereocenters. The smallest absolute Gasteiger partial charge is 0.165 e. The lowest BCUT2D eigenvalue weighted by Crippen LogP contribution is -2.00. The van der Waals surface area contributed by atoms with Gasteiger partial charge in [0.1, 0.15) is 11.2 Å². The van der Waals surface area contributed by atoms with Crippen LogP contribution in [0.4, 0.5) is 0 Å². The molecule has 0 N–H and O–H groups in total. The molecule has 3 aromatic heterocycles. The molecule has 0 aliphatic carbocycles. The van der Waals surface area contributed by atoms with E-state index in [0.29, 0.717) is 17.5 Å². The van der Waals surface area contributed by atoms with Crippen molar-refractivity contribution in [1.29, 1.82) is 0 Å². The molecule has 0 atom stereocenters. The first-order valence-electron chi connectivity index (χ1n) is 15.3. The van der Waals surface area contributed by atoms with Gasteiger partial charge in [-0.05, 0) is 40.4 Å². The standard InChI is InChI=1S/C41H23N3OS/c1-2-11-26(12-3-1)39-42-40(44-41(43-39)32-17-8-15-29-28-14-6-7-19-34(28)46-38(29)32)31-16-9-18-33-36(31)30-23-22-25-21-20-24-10-4-5-13-27(24)35(25)37(30)45-33/h1-23H. The Morgan fingerprint density at radius 3 is 2.02 bits per heavy atom. The lowest BCUT2D eigenvalue weighted by atomic mass is 9.98. The van der Waals surface area contributed by atoms with Crippen LogP contribution in [0.25, 0.3) is 97.8 Å². The van der Waals surface area contributed by atoms with Crippen molar-refractivity contribution < 1.29 is 4.42 Å². The zero-order chi connectivity index (χ0) is 30.2. The Labute approximate surface area is 267 Å². The van der Waals surface area contributed by atoms with Crippen molar-refractivity contribution >= 4 is 75.0 Å². The average molecular weight is 606 g/mol. The molecule has 0 fully saturated rings. The summed E-state index contributed by atoms with van der Waals surface area (Å²) in [5, 5.41) is 9.14. The van der Waals surface area contributed by atoms with Gasteiger partial charge in [-0.3, -0.25) is 0 Å². The van der Waals surface area contributed by atoms with Crippen molar-refractivity contribution in [2.24, 2.45) is 0 Å². The Hall–Kier alpha value is -5.91. The molecule has 0 radical (unpaired) electrons. The molecule has 7 aromatic carbocycles. The molecule has 0 aliphatic rings. The van der Waals surface area contributed by atoms with Crippen molar-refractivity contribution in [1.82, 2.24) is 15.0 Å². The zero-order valence-corrected chi connectivity index (χ0v) is 25.3. The van der Waals surface area contributed by atoms with Crippen LogP contribution >= 0.6 is 11.3 Å². The summed E-state index contributed by atoms with van der Waals surface area (Å²) in [6.07, 6.45) is 0. The van der Waals surface area contributed by atoms with Crippen LogP contribution in [-0.2, 0) is 0 Å². The average Bonchev–Trinajstić information content (AvgIpc) is 3.70. The van der Waals surface area contributed by atoms with Crippen LogP contribution in [-0.4, -0.2) is 15.0 Å². The monoisotopic (exact) mass is 605 g/mol. The predicted molar refractivity (Wildman–Crippen MR) is 191 cm³/mol. The minimum absolute atomic E-state index is 0.619. The van der Waals surface area contributed by atoms with Gasteiger partial charge in [0.05, 0.1) is 0 Å². The molecular formula is C41H23N3OS. The number of aromatic nitrogens is 3. The Morgan fingerprint density at radius 2 is 1.11 bits per heavy atom. The Bertz CT molecular complexity index is 2820. The minimum atomic E-state index is 0.619. The summed E-state index contributed by atoms with van der Waals surface area (Å²) >= 11 is 1.78. The van der Waals surface area contributed by atoms with Gasteiger partial charge in [0, 0.05) is 53.0 Å². The molecule has 0 saturated carbocycles. The SMILES string of the molecule is c1ccc(-c2nc(-c3cccc4c3sc3ccccc34)nc(-c3cccc4oc5c(ccc6ccc7ccccc7c65)c34)n2)cc1. The number of thiophene rings is 1. The highest BCUT2D eigenvalue weighted by Gasteiger charge is 2.20. The number of rotatable bonds is 3. The minimum Gasteiger partial charge on any atom is -0.455 e. The molecule has 4 nitrogen and oxygen atoms in total. The summed E-state index contributed by atoms with van der Waals surface area (Å²) in [6, 6.07) is 48.4. The fraction of sp³-hybridized carbons (Fsp3) is 0. The third-order valence-corrected chi connectivity index (χ3v) is 10.1. The first-order chi connectivity index (χ1) is 22.8. The van der Waals surface area contributed by atoms with Crippen LogP contribution < -0.4 is 0 Å². The number of hydrogen-bond donors (Lipinski definition) is 0.